The van der Waals surface area contributed by atoms with Crippen LogP contribution < -0.4 is 25.3 Å². The Morgan fingerprint density at radius 1 is 0.922 bits per heavy atom. The number of hydrogen-bond donors (Lipinski definition) is 4. The molecule has 12 nitrogen and oxygen atoms in total. The van der Waals surface area contributed by atoms with Gasteiger partial charge < -0.3 is 40.4 Å². The Labute approximate surface area is 297 Å². The molecule has 4 aliphatic heterocycles. The highest BCUT2D eigenvalue weighted by molar-refractivity contribution is 6.08. The van der Waals surface area contributed by atoms with Crippen LogP contribution in [0, 0.1) is 5.92 Å². The van der Waals surface area contributed by atoms with Gasteiger partial charge in [0, 0.05) is 62.0 Å². The average Bonchev–Trinajstić information content (AvgIpc) is 3.36. The van der Waals surface area contributed by atoms with Crippen molar-refractivity contribution in [3.63, 3.8) is 0 Å². The van der Waals surface area contributed by atoms with Crippen molar-refractivity contribution in [2.45, 2.75) is 44.5 Å². The van der Waals surface area contributed by atoms with Gasteiger partial charge in [0.15, 0.2) is 5.60 Å². The quantitative estimate of drug-likeness (QED) is 0.249. The lowest BCUT2D eigenvalue weighted by Gasteiger charge is -2.36. The maximum Gasteiger partial charge on any atom is 0.264 e. The SMILES string of the molecule is C[C@H](/C=C/CC(=O)N1Cc2ccccc2C[C@H]1CO)[C@@]1(O)C(=O)N(Cc2cccc(N3CCNCC3=O)c2)c2ccc(N3CCNCC3=O)cc21. The highest BCUT2D eigenvalue weighted by atomic mass is 16.3. The molecule has 7 rings (SSSR count). The number of aliphatic hydroxyl groups excluding tert-OH is 1. The molecule has 51 heavy (non-hydrogen) atoms. The van der Waals surface area contributed by atoms with Crippen molar-refractivity contribution in [1.82, 2.24) is 15.5 Å². The van der Waals surface area contributed by atoms with Gasteiger partial charge >= 0.3 is 0 Å². The molecule has 3 aromatic rings. The first-order valence-corrected chi connectivity index (χ1v) is 17.6. The molecule has 2 saturated heterocycles. The third-order valence-corrected chi connectivity index (χ3v) is 10.6. The highest BCUT2D eigenvalue weighted by Crippen LogP contribution is 2.47. The van der Waals surface area contributed by atoms with Gasteiger partial charge in [0.25, 0.3) is 5.91 Å². The summed E-state index contributed by atoms with van der Waals surface area (Å²) in [6, 6.07) is 20.4. The third-order valence-electron chi connectivity index (χ3n) is 10.6. The van der Waals surface area contributed by atoms with Crippen LogP contribution in [0.5, 0.6) is 0 Å². The van der Waals surface area contributed by atoms with Crippen LogP contribution in [0.4, 0.5) is 17.1 Å². The molecule has 2 fully saturated rings. The number of benzene rings is 3. The molecule has 3 aromatic carbocycles. The van der Waals surface area contributed by atoms with Crippen LogP contribution >= 0.6 is 0 Å². The molecule has 0 aromatic heterocycles. The first-order valence-electron chi connectivity index (χ1n) is 17.6. The zero-order valence-electron chi connectivity index (χ0n) is 28.8. The topological polar surface area (TPSA) is 146 Å². The van der Waals surface area contributed by atoms with Crippen LogP contribution in [0.1, 0.15) is 35.6 Å². The van der Waals surface area contributed by atoms with Crippen LogP contribution in [0.25, 0.3) is 0 Å². The summed E-state index contributed by atoms with van der Waals surface area (Å²) in [4.78, 5) is 60.0. The van der Waals surface area contributed by atoms with Crippen LogP contribution in [-0.2, 0) is 44.3 Å². The van der Waals surface area contributed by atoms with Gasteiger partial charge in [0.1, 0.15) is 0 Å². The second-order valence-electron chi connectivity index (χ2n) is 13.7. The molecule has 0 saturated carbocycles. The molecule has 4 N–H and O–H groups in total. The molecule has 0 spiro atoms. The van der Waals surface area contributed by atoms with Crippen LogP contribution in [0.2, 0.25) is 0 Å². The van der Waals surface area contributed by atoms with E-state index in [0.29, 0.717) is 56.1 Å². The molecule has 4 aliphatic rings. The number of nitrogens with one attached hydrogen (secondary N) is 2. The Balaban J connectivity index is 1.16. The lowest BCUT2D eigenvalue weighted by Crippen LogP contribution is -2.48. The number of hydrogen-bond acceptors (Lipinski definition) is 8. The Kier molecular flexibility index (Phi) is 9.75. The molecule has 4 amide bonds. The van der Waals surface area contributed by atoms with Gasteiger partial charge in [-0.2, -0.15) is 0 Å². The van der Waals surface area contributed by atoms with E-state index < -0.39 is 17.4 Å². The summed E-state index contributed by atoms with van der Waals surface area (Å²) in [5.41, 5.74) is 3.26. The van der Waals surface area contributed by atoms with Crippen LogP contribution in [0.3, 0.4) is 0 Å². The molecule has 0 bridgehead atoms. The summed E-state index contributed by atoms with van der Waals surface area (Å²) in [5, 5.41) is 28.7. The van der Waals surface area contributed by atoms with E-state index in [4.69, 9.17) is 0 Å². The van der Waals surface area contributed by atoms with Crippen molar-refractivity contribution >= 4 is 40.7 Å². The fraction of sp³-hybridized carbons (Fsp3) is 0.385. The lowest BCUT2D eigenvalue weighted by molar-refractivity contribution is -0.139. The number of carbonyl (C=O) groups excluding carboxylic acids is 4. The first-order chi connectivity index (χ1) is 24.7. The lowest BCUT2D eigenvalue weighted by atomic mass is 9.82. The Bertz CT molecular complexity index is 1880. The molecule has 4 heterocycles. The number of aliphatic hydroxyl groups is 2. The van der Waals surface area contributed by atoms with E-state index in [2.05, 4.69) is 10.6 Å². The van der Waals surface area contributed by atoms with Crippen molar-refractivity contribution in [3.8, 4) is 0 Å². The average molecular weight is 693 g/mol. The van der Waals surface area contributed by atoms with Gasteiger partial charge in [-0.15, -0.1) is 0 Å². The molecule has 3 atom stereocenters. The number of rotatable bonds is 9. The van der Waals surface area contributed by atoms with Crippen molar-refractivity contribution < 1.29 is 29.4 Å². The number of carbonyl (C=O) groups is 4. The van der Waals surface area contributed by atoms with Gasteiger partial charge in [-0.25, -0.2) is 0 Å². The van der Waals surface area contributed by atoms with E-state index in [-0.39, 0.29) is 56.4 Å². The van der Waals surface area contributed by atoms with E-state index >= 15 is 0 Å². The molecule has 266 valence electrons. The van der Waals surface area contributed by atoms with Crippen molar-refractivity contribution in [2.75, 3.05) is 60.6 Å². The maximum absolute atomic E-state index is 14.4. The van der Waals surface area contributed by atoms with Crippen LogP contribution in [0.15, 0.2) is 78.9 Å². The second-order valence-corrected chi connectivity index (χ2v) is 13.7. The van der Waals surface area contributed by atoms with Crippen LogP contribution in [-0.4, -0.2) is 90.7 Å². The van der Waals surface area contributed by atoms with Crippen molar-refractivity contribution in [1.29, 1.82) is 0 Å². The summed E-state index contributed by atoms with van der Waals surface area (Å²) in [6.07, 6.45) is 4.00. The zero-order valence-corrected chi connectivity index (χ0v) is 28.8. The molecular weight excluding hydrogens is 648 g/mol. The Hall–Kier alpha value is -4.88. The van der Waals surface area contributed by atoms with E-state index in [1.807, 2.05) is 48.5 Å². The highest BCUT2D eigenvalue weighted by Gasteiger charge is 2.53. The number of piperazine rings is 2. The number of anilines is 3. The normalized spacial score (nSPS) is 22.8. The van der Waals surface area contributed by atoms with E-state index in [9.17, 15) is 29.4 Å². The van der Waals surface area contributed by atoms with Gasteiger partial charge in [-0.05, 0) is 53.4 Å². The zero-order chi connectivity index (χ0) is 35.7. The predicted octanol–water partition coefficient (Wildman–Crippen LogP) is 1.82. The minimum Gasteiger partial charge on any atom is -0.394 e. The fourth-order valence-corrected chi connectivity index (χ4v) is 7.70. The largest absolute Gasteiger partial charge is 0.394 e. The van der Waals surface area contributed by atoms with E-state index in [0.717, 1.165) is 22.4 Å². The molecule has 12 heteroatoms. The van der Waals surface area contributed by atoms with Gasteiger partial charge in [-0.3, -0.25) is 19.2 Å². The summed E-state index contributed by atoms with van der Waals surface area (Å²) < 4.78 is 0. The number of amides is 4. The molecule has 0 aliphatic carbocycles. The van der Waals surface area contributed by atoms with E-state index in [1.165, 1.54) is 0 Å². The third kappa shape index (κ3) is 6.56. The molecule has 0 unspecified atom stereocenters. The van der Waals surface area contributed by atoms with Gasteiger partial charge in [0.2, 0.25) is 17.7 Å². The summed E-state index contributed by atoms with van der Waals surface area (Å²) in [7, 11) is 0. The Morgan fingerprint density at radius 2 is 1.61 bits per heavy atom. The van der Waals surface area contributed by atoms with E-state index in [1.54, 1.807) is 56.9 Å². The smallest absolute Gasteiger partial charge is 0.264 e. The number of fused-ring (bicyclic) bond motifs is 2. The fourth-order valence-electron chi connectivity index (χ4n) is 7.70. The van der Waals surface area contributed by atoms with Gasteiger partial charge in [0.05, 0.1) is 38.0 Å². The monoisotopic (exact) mass is 692 g/mol. The summed E-state index contributed by atoms with van der Waals surface area (Å²) >= 11 is 0. The number of nitrogens with zero attached hydrogens (tertiary/aromatic N) is 4. The van der Waals surface area contributed by atoms with Crippen molar-refractivity contribution in [2.24, 2.45) is 5.92 Å². The minimum atomic E-state index is -1.98. The molecular formula is C39H44N6O6. The summed E-state index contributed by atoms with van der Waals surface area (Å²) in [5.74, 6) is -1.53. The Morgan fingerprint density at radius 3 is 2.29 bits per heavy atom. The minimum absolute atomic E-state index is 0.0264. The summed E-state index contributed by atoms with van der Waals surface area (Å²) in [6.45, 7) is 4.93. The molecule has 0 radical (unpaired) electrons. The second kappa shape index (κ2) is 14.4. The standard InChI is InChI=1S/C39H44N6O6/c1-26(6-4-11-35(47)44-24-29-9-3-2-8-28(29)19-32(44)25-46)39(51)33-20-31(43-17-15-41-22-37(43)49)12-13-34(33)45(38(39)50)23-27-7-5-10-30(18-27)42-16-14-40-21-36(42)48/h2-10,12-13,18,20,26,32,40-41,46,51H,11,14-17,19,21-25H2,1H3/b6-4+/t26-,32+,39+/m1/s1. The van der Waals surface area contributed by atoms with Gasteiger partial charge in [-0.1, -0.05) is 55.5 Å². The maximum atomic E-state index is 14.4. The van der Waals surface area contributed by atoms with Crippen molar-refractivity contribution in [3.05, 3.63) is 101 Å². The first kappa shape index (κ1) is 34.6. The predicted molar refractivity (Wildman–Crippen MR) is 193 cm³/mol.